The molecule has 102 valence electrons. The van der Waals surface area contributed by atoms with Crippen LogP contribution in [0.4, 0.5) is 11.4 Å². The van der Waals surface area contributed by atoms with Crippen molar-refractivity contribution >= 4 is 34.6 Å². The summed E-state index contributed by atoms with van der Waals surface area (Å²) in [7, 11) is 0. The molecular weight excluding hydrogens is 287 g/mol. The molecule has 0 aromatic heterocycles. The van der Waals surface area contributed by atoms with Gasteiger partial charge >= 0.3 is 0 Å². The first-order valence-corrected chi connectivity index (χ1v) is 7.20. The van der Waals surface area contributed by atoms with E-state index in [0.29, 0.717) is 27.7 Å². The normalized spacial score (nSPS) is 28.6. The lowest BCUT2D eigenvalue weighted by atomic mass is 9.95. The van der Waals surface area contributed by atoms with E-state index in [1.54, 1.807) is 0 Å². The molecule has 1 aromatic carbocycles. The van der Waals surface area contributed by atoms with Crippen LogP contribution in [0.25, 0.3) is 0 Å². The molecule has 3 rings (SSSR count). The van der Waals surface area contributed by atoms with E-state index < -0.39 is 4.92 Å². The summed E-state index contributed by atoms with van der Waals surface area (Å²) in [6, 6.07) is 3.10. The van der Waals surface area contributed by atoms with Crippen molar-refractivity contribution in [1.82, 2.24) is 0 Å². The number of hydrogen-bond acceptors (Lipinski definition) is 3. The number of nitro benzene ring substituents is 1. The summed E-state index contributed by atoms with van der Waals surface area (Å²) in [5.74, 6) is 1.51. The second kappa shape index (κ2) is 4.84. The predicted molar refractivity (Wildman–Crippen MR) is 76.0 cm³/mol. The standard InChI is InChI=1S/C13H14Cl2N2O2/c14-10-5-9(17(18)19)6-11(15)13(10)16-12-4-7-1-2-8(12)3-7/h5-8,12,16H,1-4H2. The van der Waals surface area contributed by atoms with Gasteiger partial charge in [-0.1, -0.05) is 29.6 Å². The first kappa shape index (κ1) is 13.0. The zero-order chi connectivity index (χ0) is 13.6. The zero-order valence-electron chi connectivity index (χ0n) is 10.2. The quantitative estimate of drug-likeness (QED) is 0.660. The average Bonchev–Trinajstić information content (AvgIpc) is 2.95. The Kier molecular flexibility index (Phi) is 3.31. The average molecular weight is 301 g/mol. The molecule has 0 heterocycles. The molecule has 2 aliphatic rings. The Hall–Kier alpha value is -1.00. The van der Waals surface area contributed by atoms with E-state index in [2.05, 4.69) is 5.32 Å². The summed E-state index contributed by atoms with van der Waals surface area (Å²) in [5, 5.41) is 14.8. The van der Waals surface area contributed by atoms with Gasteiger partial charge in [0.05, 0.1) is 20.7 Å². The van der Waals surface area contributed by atoms with Gasteiger partial charge in [-0.15, -0.1) is 0 Å². The summed E-state index contributed by atoms with van der Waals surface area (Å²) >= 11 is 12.2. The van der Waals surface area contributed by atoms with Crippen LogP contribution in [0, 0.1) is 22.0 Å². The fourth-order valence-electron chi connectivity index (χ4n) is 3.41. The van der Waals surface area contributed by atoms with Crippen molar-refractivity contribution < 1.29 is 4.92 Å². The number of anilines is 1. The highest BCUT2D eigenvalue weighted by Gasteiger charge is 2.39. The molecule has 19 heavy (non-hydrogen) atoms. The molecule has 2 fully saturated rings. The van der Waals surface area contributed by atoms with Crippen LogP contribution in [-0.4, -0.2) is 11.0 Å². The van der Waals surface area contributed by atoms with E-state index in [9.17, 15) is 10.1 Å². The SMILES string of the molecule is O=[N+]([O-])c1cc(Cl)c(NC2CC3CCC2C3)c(Cl)c1. The first-order chi connectivity index (χ1) is 9.04. The molecule has 6 heteroatoms. The van der Waals surface area contributed by atoms with Crippen LogP contribution in [0.3, 0.4) is 0 Å². The van der Waals surface area contributed by atoms with Crippen LogP contribution in [0.2, 0.25) is 10.0 Å². The Morgan fingerprint density at radius 2 is 1.89 bits per heavy atom. The first-order valence-electron chi connectivity index (χ1n) is 6.44. The molecule has 0 aliphatic heterocycles. The Morgan fingerprint density at radius 3 is 2.37 bits per heavy atom. The highest BCUT2D eigenvalue weighted by atomic mass is 35.5. The molecule has 0 saturated heterocycles. The molecule has 0 radical (unpaired) electrons. The van der Waals surface area contributed by atoms with Crippen molar-refractivity contribution in [3.8, 4) is 0 Å². The Labute approximate surface area is 121 Å². The van der Waals surface area contributed by atoms with E-state index >= 15 is 0 Å². The van der Waals surface area contributed by atoms with Gasteiger partial charge < -0.3 is 5.32 Å². The number of nitro groups is 1. The van der Waals surface area contributed by atoms with Gasteiger partial charge in [0.1, 0.15) is 0 Å². The zero-order valence-corrected chi connectivity index (χ0v) is 11.7. The number of halogens is 2. The Bertz CT molecular complexity index is 512. The molecular formula is C13H14Cl2N2O2. The summed E-state index contributed by atoms with van der Waals surface area (Å²) < 4.78 is 0. The summed E-state index contributed by atoms with van der Waals surface area (Å²) in [6.07, 6.45) is 5.00. The summed E-state index contributed by atoms with van der Waals surface area (Å²) in [5.41, 5.74) is 0.556. The van der Waals surface area contributed by atoms with Gasteiger partial charge in [0.15, 0.2) is 0 Å². The van der Waals surface area contributed by atoms with Gasteiger partial charge in [-0.2, -0.15) is 0 Å². The fourth-order valence-corrected chi connectivity index (χ4v) is 3.99. The molecule has 2 bridgehead atoms. The van der Waals surface area contributed by atoms with Gasteiger partial charge in [0, 0.05) is 18.2 Å². The lowest BCUT2D eigenvalue weighted by Gasteiger charge is -2.25. The van der Waals surface area contributed by atoms with E-state index in [4.69, 9.17) is 23.2 Å². The van der Waals surface area contributed by atoms with E-state index in [0.717, 1.165) is 12.3 Å². The maximum absolute atomic E-state index is 10.7. The van der Waals surface area contributed by atoms with Crippen molar-refractivity contribution in [2.75, 3.05) is 5.32 Å². The van der Waals surface area contributed by atoms with Crippen molar-refractivity contribution in [2.24, 2.45) is 11.8 Å². The molecule has 0 spiro atoms. The number of hydrogen-bond donors (Lipinski definition) is 1. The third-order valence-corrected chi connectivity index (χ3v) is 4.90. The summed E-state index contributed by atoms with van der Waals surface area (Å²) in [6.45, 7) is 0. The largest absolute Gasteiger partial charge is 0.380 e. The number of nitrogens with one attached hydrogen (secondary N) is 1. The second-order valence-corrected chi connectivity index (χ2v) is 6.28. The minimum absolute atomic E-state index is 0.0755. The van der Waals surface area contributed by atoms with E-state index in [-0.39, 0.29) is 5.69 Å². The van der Waals surface area contributed by atoms with Gasteiger partial charge in [0.25, 0.3) is 5.69 Å². The van der Waals surface area contributed by atoms with E-state index in [1.165, 1.54) is 31.4 Å². The molecule has 2 saturated carbocycles. The maximum atomic E-state index is 10.7. The van der Waals surface area contributed by atoms with E-state index in [1.807, 2.05) is 0 Å². The van der Waals surface area contributed by atoms with Gasteiger partial charge in [-0.25, -0.2) is 0 Å². The van der Waals surface area contributed by atoms with Crippen LogP contribution >= 0.6 is 23.2 Å². The van der Waals surface area contributed by atoms with Crippen molar-refractivity contribution in [2.45, 2.75) is 31.7 Å². The van der Waals surface area contributed by atoms with Crippen LogP contribution < -0.4 is 5.32 Å². The molecule has 4 nitrogen and oxygen atoms in total. The Morgan fingerprint density at radius 1 is 1.21 bits per heavy atom. The number of nitrogens with zero attached hydrogens (tertiary/aromatic N) is 1. The molecule has 1 N–H and O–H groups in total. The van der Waals surface area contributed by atoms with Gasteiger partial charge in [0.2, 0.25) is 0 Å². The van der Waals surface area contributed by atoms with Gasteiger partial charge in [-0.3, -0.25) is 10.1 Å². The number of fused-ring (bicyclic) bond motifs is 2. The molecule has 2 aliphatic carbocycles. The lowest BCUT2D eigenvalue weighted by molar-refractivity contribution is -0.384. The smallest absolute Gasteiger partial charge is 0.272 e. The second-order valence-electron chi connectivity index (χ2n) is 5.47. The highest BCUT2D eigenvalue weighted by molar-refractivity contribution is 6.39. The third-order valence-electron chi connectivity index (χ3n) is 4.31. The van der Waals surface area contributed by atoms with Crippen molar-refractivity contribution in [3.05, 3.63) is 32.3 Å². The fraction of sp³-hybridized carbons (Fsp3) is 0.538. The van der Waals surface area contributed by atoms with Gasteiger partial charge in [-0.05, 0) is 31.1 Å². The van der Waals surface area contributed by atoms with Crippen LogP contribution in [-0.2, 0) is 0 Å². The summed E-state index contributed by atoms with van der Waals surface area (Å²) in [4.78, 5) is 10.2. The topological polar surface area (TPSA) is 55.2 Å². The number of non-ortho nitro benzene ring substituents is 1. The molecule has 1 aromatic rings. The molecule has 3 atom stereocenters. The monoisotopic (exact) mass is 300 g/mol. The third kappa shape index (κ3) is 2.39. The minimum Gasteiger partial charge on any atom is -0.380 e. The number of benzene rings is 1. The molecule has 0 amide bonds. The van der Waals surface area contributed by atoms with Crippen LogP contribution in [0.15, 0.2) is 12.1 Å². The van der Waals surface area contributed by atoms with Crippen molar-refractivity contribution in [3.63, 3.8) is 0 Å². The predicted octanol–water partition coefficient (Wildman–Crippen LogP) is 4.50. The Balaban J connectivity index is 1.83. The maximum Gasteiger partial charge on any atom is 0.272 e. The molecule has 3 unspecified atom stereocenters. The highest BCUT2D eigenvalue weighted by Crippen LogP contribution is 2.47. The lowest BCUT2D eigenvalue weighted by Crippen LogP contribution is -2.26. The van der Waals surface area contributed by atoms with Crippen LogP contribution in [0.1, 0.15) is 25.7 Å². The van der Waals surface area contributed by atoms with Crippen LogP contribution in [0.5, 0.6) is 0 Å². The van der Waals surface area contributed by atoms with Crippen molar-refractivity contribution in [1.29, 1.82) is 0 Å². The minimum atomic E-state index is -0.487. The number of rotatable bonds is 3.